The predicted molar refractivity (Wildman–Crippen MR) is 62.4 cm³/mol. The minimum absolute atomic E-state index is 0.716. The average molecular weight is 248 g/mol. The van der Waals surface area contributed by atoms with Crippen LogP contribution in [0.2, 0.25) is 0 Å². The zero-order valence-corrected chi connectivity index (χ0v) is 10.7. The van der Waals surface area contributed by atoms with Crippen molar-refractivity contribution in [2.45, 2.75) is 50.9 Å². The molecular weight excluding hydrogens is 226 g/mol. The standard InChI is InChI=1S/C11H22BrN/c1-9(2)6-8-13-7-4-5-11(12)10(13)3/h9-11H,4-8H2,1-3H3. The van der Waals surface area contributed by atoms with E-state index in [4.69, 9.17) is 0 Å². The predicted octanol–water partition coefficient (Wildman–Crippen LogP) is 3.28. The molecule has 0 bridgehead atoms. The highest BCUT2D eigenvalue weighted by Crippen LogP contribution is 2.23. The SMILES string of the molecule is CC(C)CCN1CCCC(Br)C1C. The Balaban J connectivity index is 2.31. The molecule has 1 rings (SSSR count). The fourth-order valence-electron chi connectivity index (χ4n) is 1.90. The molecule has 1 heterocycles. The van der Waals surface area contributed by atoms with Crippen LogP contribution >= 0.6 is 15.9 Å². The molecule has 1 saturated heterocycles. The molecule has 78 valence electrons. The first-order valence-corrected chi connectivity index (χ1v) is 6.41. The molecular formula is C11H22BrN. The second kappa shape index (κ2) is 5.35. The molecule has 1 nitrogen and oxygen atoms in total. The number of hydrogen-bond acceptors (Lipinski definition) is 1. The van der Waals surface area contributed by atoms with E-state index in [1.54, 1.807) is 0 Å². The molecule has 0 aromatic heterocycles. The second-order valence-electron chi connectivity index (χ2n) is 4.62. The van der Waals surface area contributed by atoms with Crippen molar-refractivity contribution < 1.29 is 0 Å². The summed E-state index contributed by atoms with van der Waals surface area (Å²) in [6.07, 6.45) is 4.04. The number of halogens is 1. The number of likely N-dealkylation sites (tertiary alicyclic amines) is 1. The van der Waals surface area contributed by atoms with Crippen LogP contribution in [0.1, 0.15) is 40.0 Å². The van der Waals surface area contributed by atoms with Crippen molar-refractivity contribution in [2.75, 3.05) is 13.1 Å². The molecule has 0 aliphatic carbocycles. The van der Waals surface area contributed by atoms with Crippen LogP contribution in [-0.4, -0.2) is 28.9 Å². The van der Waals surface area contributed by atoms with Crippen molar-refractivity contribution in [3.8, 4) is 0 Å². The van der Waals surface area contributed by atoms with Crippen LogP contribution in [0.4, 0.5) is 0 Å². The lowest BCUT2D eigenvalue weighted by atomic mass is 10.0. The maximum Gasteiger partial charge on any atom is 0.0299 e. The molecule has 2 heteroatoms. The molecule has 2 unspecified atom stereocenters. The van der Waals surface area contributed by atoms with E-state index >= 15 is 0 Å². The summed E-state index contributed by atoms with van der Waals surface area (Å²) in [5.74, 6) is 0.836. The third-order valence-corrected chi connectivity index (χ3v) is 4.24. The van der Waals surface area contributed by atoms with Crippen LogP contribution < -0.4 is 0 Å². The first kappa shape index (κ1) is 11.5. The van der Waals surface area contributed by atoms with Crippen LogP contribution in [0.15, 0.2) is 0 Å². The Morgan fingerprint density at radius 3 is 2.77 bits per heavy atom. The third kappa shape index (κ3) is 3.59. The van der Waals surface area contributed by atoms with Gasteiger partial charge in [-0.2, -0.15) is 0 Å². The number of nitrogens with zero attached hydrogens (tertiary/aromatic N) is 1. The molecule has 1 aliphatic rings. The van der Waals surface area contributed by atoms with Gasteiger partial charge in [0.2, 0.25) is 0 Å². The molecule has 1 fully saturated rings. The Hall–Kier alpha value is 0.440. The third-order valence-electron chi connectivity index (χ3n) is 3.02. The van der Waals surface area contributed by atoms with Crippen LogP contribution in [0, 0.1) is 5.92 Å². The summed E-state index contributed by atoms with van der Waals surface area (Å²) in [6, 6.07) is 0.729. The molecule has 0 aromatic carbocycles. The van der Waals surface area contributed by atoms with Gasteiger partial charge in [0.15, 0.2) is 0 Å². The van der Waals surface area contributed by atoms with Gasteiger partial charge in [0.1, 0.15) is 0 Å². The van der Waals surface area contributed by atoms with Gasteiger partial charge in [-0.1, -0.05) is 29.8 Å². The minimum Gasteiger partial charge on any atom is -0.300 e. The van der Waals surface area contributed by atoms with Crippen molar-refractivity contribution in [3.63, 3.8) is 0 Å². The fraction of sp³-hybridized carbons (Fsp3) is 1.00. The highest BCUT2D eigenvalue weighted by Gasteiger charge is 2.25. The summed E-state index contributed by atoms with van der Waals surface area (Å²) in [7, 11) is 0. The molecule has 0 radical (unpaired) electrons. The minimum atomic E-state index is 0.716. The number of hydrogen-bond donors (Lipinski definition) is 0. The molecule has 0 amide bonds. The van der Waals surface area contributed by atoms with Crippen LogP contribution in [0.3, 0.4) is 0 Å². The first-order valence-electron chi connectivity index (χ1n) is 5.49. The number of alkyl halides is 1. The Morgan fingerprint density at radius 1 is 1.46 bits per heavy atom. The molecule has 0 spiro atoms. The topological polar surface area (TPSA) is 3.24 Å². The molecule has 13 heavy (non-hydrogen) atoms. The Kier molecular flexibility index (Phi) is 4.74. The van der Waals surface area contributed by atoms with Gasteiger partial charge in [-0.3, -0.25) is 4.90 Å². The van der Waals surface area contributed by atoms with E-state index < -0.39 is 0 Å². The lowest BCUT2D eigenvalue weighted by Gasteiger charge is -2.37. The summed E-state index contributed by atoms with van der Waals surface area (Å²) in [5.41, 5.74) is 0. The van der Waals surface area contributed by atoms with Crippen molar-refractivity contribution in [2.24, 2.45) is 5.92 Å². The Bertz CT molecular complexity index is 147. The molecule has 0 aromatic rings. The zero-order valence-electron chi connectivity index (χ0n) is 9.09. The molecule has 1 aliphatic heterocycles. The quantitative estimate of drug-likeness (QED) is 0.693. The Morgan fingerprint density at radius 2 is 2.15 bits per heavy atom. The summed E-state index contributed by atoms with van der Waals surface area (Å²) in [4.78, 5) is 3.34. The average Bonchev–Trinajstić information content (AvgIpc) is 2.07. The van der Waals surface area contributed by atoms with E-state index in [0.29, 0.717) is 4.83 Å². The largest absolute Gasteiger partial charge is 0.300 e. The van der Waals surface area contributed by atoms with E-state index in [2.05, 4.69) is 41.6 Å². The van der Waals surface area contributed by atoms with Gasteiger partial charge < -0.3 is 0 Å². The monoisotopic (exact) mass is 247 g/mol. The highest BCUT2D eigenvalue weighted by atomic mass is 79.9. The Labute approximate surface area is 91.0 Å². The van der Waals surface area contributed by atoms with Gasteiger partial charge in [-0.05, 0) is 45.2 Å². The van der Waals surface area contributed by atoms with E-state index in [1.807, 2.05) is 0 Å². The summed E-state index contributed by atoms with van der Waals surface area (Å²) in [5, 5.41) is 0. The zero-order chi connectivity index (χ0) is 9.84. The van der Waals surface area contributed by atoms with E-state index in [-0.39, 0.29) is 0 Å². The van der Waals surface area contributed by atoms with E-state index in [9.17, 15) is 0 Å². The smallest absolute Gasteiger partial charge is 0.0299 e. The summed E-state index contributed by atoms with van der Waals surface area (Å²) >= 11 is 3.76. The van der Waals surface area contributed by atoms with Gasteiger partial charge in [0, 0.05) is 10.9 Å². The van der Waals surface area contributed by atoms with Gasteiger partial charge >= 0.3 is 0 Å². The van der Waals surface area contributed by atoms with Gasteiger partial charge in [0.25, 0.3) is 0 Å². The highest BCUT2D eigenvalue weighted by molar-refractivity contribution is 9.09. The maximum absolute atomic E-state index is 3.76. The molecule has 0 N–H and O–H groups in total. The van der Waals surface area contributed by atoms with E-state index in [0.717, 1.165) is 12.0 Å². The number of piperidine rings is 1. The van der Waals surface area contributed by atoms with Crippen molar-refractivity contribution in [1.29, 1.82) is 0 Å². The maximum atomic E-state index is 3.76. The molecule has 2 atom stereocenters. The van der Waals surface area contributed by atoms with Gasteiger partial charge in [-0.25, -0.2) is 0 Å². The lowest BCUT2D eigenvalue weighted by molar-refractivity contribution is 0.160. The fourth-order valence-corrected chi connectivity index (χ4v) is 2.56. The lowest BCUT2D eigenvalue weighted by Crippen LogP contribution is -2.44. The number of rotatable bonds is 3. The van der Waals surface area contributed by atoms with Gasteiger partial charge in [0.05, 0.1) is 0 Å². The van der Waals surface area contributed by atoms with Crippen molar-refractivity contribution >= 4 is 15.9 Å². The van der Waals surface area contributed by atoms with Crippen molar-refractivity contribution in [1.82, 2.24) is 4.90 Å². The van der Waals surface area contributed by atoms with Crippen LogP contribution in [0.5, 0.6) is 0 Å². The van der Waals surface area contributed by atoms with Gasteiger partial charge in [-0.15, -0.1) is 0 Å². The van der Waals surface area contributed by atoms with E-state index in [1.165, 1.54) is 32.4 Å². The summed E-state index contributed by atoms with van der Waals surface area (Å²) < 4.78 is 0. The first-order chi connectivity index (χ1) is 6.11. The van der Waals surface area contributed by atoms with Crippen molar-refractivity contribution in [3.05, 3.63) is 0 Å². The summed E-state index contributed by atoms with van der Waals surface area (Å²) in [6.45, 7) is 9.54. The molecule has 0 saturated carbocycles. The normalized spacial score (nSPS) is 31.2. The van der Waals surface area contributed by atoms with Crippen LogP contribution in [-0.2, 0) is 0 Å². The van der Waals surface area contributed by atoms with Crippen LogP contribution in [0.25, 0.3) is 0 Å². The second-order valence-corrected chi connectivity index (χ2v) is 5.79.